The van der Waals surface area contributed by atoms with Gasteiger partial charge in [-0.05, 0) is 38.7 Å². The Balaban J connectivity index is 1.94. The van der Waals surface area contributed by atoms with Gasteiger partial charge < -0.3 is 14.2 Å². The molecule has 1 N–H and O–H groups in total. The smallest absolute Gasteiger partial charge is 0.397 e. The first kappa shape index (κ1) is 18.1. The Morgan fingerprint density at radius 1 is 1.43 bits per heavy atom. The van der Waals surface area contributed by atoms with Gasteiger partial charge in [0.05, 0.1) is 5.60 Å². The van der Waals surface area contributed by atoms with Crippen LogP contribution in [-0.2, 0) is 4.74 Å². The highest BCUT2D eigenvalue weighted by Gasteiger charge is 2.32. The van der Waals surface area contributed by atoms with Crippen molar-refractivity contribution in [2.45, 2.75) is 37.8 Å². The number of hydrogen-bond acceptors (Lipinski definition) is 5. The molecule has 4 nitrogen and oxygen atoms in total. The fourth-order valence-corrected chi connectivity index (χ4v) is 2.73. The molecule has 23 heavy (non-hydrogen) atoms. The van der Waals surface area contributed by atoms with Crippen molar-refractivity contribution in [1.82, 2.24) is 4.98 Å². The molecule has 1 saturated heterocycles. The molecule has 1 aromatic rings. The number of alkyl halides is 3. The van der Waals surface area contributed by atoms with Gasteiger partial charge >= 0.3 is 5.51 Å². The second-order valence-electron chi connectivity index (χ2n) is 5.94. The van der Waals surface area contributed by atoms with Crippen molar-refractivity contribution in [3.8, 4) is 5.88 Å². The van der Waals surface area contributed by atoms with Crippen molar-refractivity contribution < 1.29 is 26.5 Å². The highest BCUT2D eigenvalue weighted by atomic mass is 32.2. The van der Waals surface area contributed by atoms with Crippen LogP contribution in [0.5, 0.6) is 5.88 Å². The van der Waals surface area contributed by atoms with Crippen LogP contribution in [-0.4, -0.2) is 29.2 Å². The lowest BCUT2D eigenvalue weighted by molar-refractivity contribution is -0.0700. The first-order chi connectivity index (χ1) is 10.6. The Labute approximate surface area is 136 Å². The third-order valence-electron chi connectivity index (χ3n) is 3.40. The molecule has 0 amide bonds. The molecule has 0 aliphatic carbocycles. The van der Waals surface area contributed by atoms with E-state index in [9.17, 15) is 17.6 Å². The number of nitrogens with zero attached hydrogens (tertiary/aromatic N) is 1. The molecule has 1 aliphatic heterocycles. The SMILES string of the molecule is CC1(C)CC(CNc2nc(OSC(F)(F)F)ccc2F)CCO1. The fourth-order valence-electron chi connectivity index (χ4n) is 2.46. The maximum Gasteiger partial charge on any atom is 0.479 e. The van der Waals surface area contributed by atoms with E-state index in [0.717, 1.165) is 25.0 Å². The largest absolute Gasteiger partial charge is 0.479 e. The molecule has 1 unspecified atom stereocenters. The summed E-state index contributed by atoms with van der Waals surface area (Å²) in [6.07, 6.45) is 1.64. The van der Waals surface area contributed by atoms with E-state index in [0.29, 0.717) is 13.2 Å². The third-order valence-corrected chi connectivity index (χ3v) is 3.84. The molecule has 2 heterocycles. The number of halogens is 4. The van der Waals surface area contributed by atoms with E-state index in [1.54, 1.807) is 0 Å². The van der Waals surface area contributed by atoms with Gasteiger partial charge in [0.15, 0.2) is 23.7 Å². The topological polar surface area (TPSA) is 43.4 Å². The van der Waals surface area contributed by atoms with Crippen molar-refractivity contribution >= 4 is 17.9 Å². The van der Waals surface area contributed by atoms with Crippen LogP contribution in [0.15, 0.2) is 12.1 Å². The zero-order valence-corrected chi connectivity index (χ0v) is 13.6. The Kier molecular flexibility index (Phi) is 5.61. The molecule has 1 aliphatic rings. The highest BCUT2D eigenvalue weighted by molar-refractivity contribution is 7.95. The van der Waals surface area contributed by atoms with E-state index in [1.807, 2.05) is 13.8 Å². The Morgan fingerprint density at radius 3 is 2.83 bits per heavy atom. The van der Waals surface area contributed by atoms with Gasteiger partial charge in [-0.25, -0.2) is 4.39 Å². The van der Waals surface area contributed by atoms with Crippen molar-refractivity contribution in [3.05, 3.63) is 17.9 Å². The van der Waals surface area contributed by atoms with Crippen molar-refractivity contribution in [2.75, 3.05) is 18.5 Å². The monoisotopic (exact) mass is 354 g/mol. The average Bonchev–Trinajstić information content (AvgIpc) is 2.43. The van der Waals surface area contributed by atoms with Gasteiger partial charge in [0.1, 0.15) is 0 Å². The van der Waals surface area contributed by atoms with Crippen LogP contribution in [0, 0.1) is 11.7 Å². The molecule has 0 spiro atoms. The first-order valence-corrected chi connectivity index (χ1v) is 7.85. The van der Waals surface area contributed by atoms with E-state index in [-0.39, 0.29) is 23.2 Å². The van der Waals surface area contributed by atoms with E-state index in [2.05, 4.69) is 14.5 Å². The van der Waals surface area contributed by atoms with Crippen molar-refractivity contribution in [3.63, 3.8) is 0 Å². The van der Waals surface area contributed by atoms with Crippen molar-refractivity contribution in [2.24, 2.45) is 5.92 Å². The number of nitrogens with one attached hydrogen (secondary N) is 1. The van der Waals surface area contributed by atoms with Crippen molar-refractivity contribution in [1.29, 1.82) is 0 Å². The molecule has 0 aromatic carbocycles. The van der Waals surface area contributed by atoms with E-state index < -0.39 is 23.4 Å². The summed E-state index contributed by atoms with van der Waals surface area (Å²) in [6.45, 7) is 5.06. The first-order valence-electron chi connectivity index (χ1n) is 7.11. The predicted octanol–water partition coefficient (Wildman–Crippen LogP) is 4.38. The molecule has 1 aromatic heterocycles. The second-order valence-corrected chi connectivity index (χ2v) is 6.74. The number of rotatable bonds is 5. The molecule has 0 bridgehead atoms. The van der Waals surface area contributed by atoms with Gasteiger partial charge in [-0.15, -0.1) is 0 Å². The maximum atomic E-state index is 13.7. The molecule has 1 fully saturated rings. The molecule has 0 saturated carbocycles. The minimum Gasteiger partial charge on any atom is -0.397 e. The average molecular weight is 354 g/mol. The van der Waals surface area contributed by atoms with Crippen LogP contribution in [0.2, 0.25) is 0 Å². The number of ether oxygens (including phenoxy) is 1. The molecule has 1 atom stereocenters. The zero-order valence-electron chi connectivity index (χ0n) is 12.7. The lowest BCUT2D eigenvalue weighted by Gasteiger charge is -2.35. The quantitative estimate of drug-likeness (QED) is 0.628. The Morgan fingerprint density at radius 2 is 2.17 bits per heavy atom. The van der Waals surface area contributed by atoms with Gasteiger partial charge in [0, 0.05) is 19.2 Å². The minimum atomic E-state index is -4.54. The minimum absolute atomic E-state index is 0.116. The summed E-state index contributed by atoms with van der Waals surface area (Å²) in [4.78, 5) is 3.74. The van der Waals surface area contributed by atoms with Gasteiger partial charge in [-0.3, -0.25) is 0 Å². The van der Waals surface area contributed by atoms with Crippen LogP contribution >= 0.6 is 12.0 Å². The Hall–Kier alpha value is -1.22. The van der Waals surface area contributed by atoms with E-state index in [4.69, 9.17) is 4.74 Å². The number of pyridine rings is 1. The molecule has 2 rings (SSSR count). The summed E-state index contributed by atoms with van der Waals surface area (Å²) in [5.74, 6) is -0.784. The third kappa shape index (κ3) is 6.06. The molecule has 0 radical (unpaired) electrons. The second kappa shape index (κ2) is 7.12. The lowest BCUT2D eigenvalue weighted by atomic mass is 9.88. The van der Waals surface area contributed by atoms with Crippen LogP contribution in [0.3, 0.4) is 0 Å². The number of anilines is 1. The lowest BCUT2D eigenvalue weighted by Crippen LogP contribution is -2.36. The maximum absolute atomic E-state index is 13.7. The zero-order chi connectivity index (χ0) is 17.1. The number of aromatic nitrogens is 1. The van der Waals surface area contributed by atoms with Crippen LogP contribution in [0.1, 0.15) is 26.7 Å². The molecule has 130 valence electrons. The van der Waals surface area contributed by atoms with Gasteiger partial charge in [0.25, 0.3) is 0 Å². The van der Waals surface area contributed by atoms with Gasteiger partial charge in [0.2, 0.25) is 5.88 Å². The fraction of sp³-hybridized carbons (Fsp3) is 0.643. The van der Waals surface area contributed by atoms with Crippen LogP contribution in [0.25, 0.3) is 0 Å². The van der Waals surface area contributed by atoms with E-state index >= 15 is 0 Å². The summed E-state index contributed by atoms with van der Waals surface area (Å²) in [5.41, 5.74) is -4.78. The highest BCUT2D eigenvalue weighted by Crippen LogP contribution is 2.33. The number of hydrogen-bond donors (Lipinski definition) is 1. The summed E-state index contributed by atoms with van der Waals surface area (Å²) in [6, 6.07) is 2.08. The van der Waals surface area contributed by atoms with Crippen LogP contribution in [0.4, 0.5) is 23.4 Å². The van der Waals surface area contributed by atoms with Crippen LogP contribution < -0.4 is 9.50 Å². The van der Waals surface area contributed by atoms with Gasteiger partial charge in [-0.1, -0.05) is 0 Å². The summed E-state index contributed by atoms with van der Waals surface area (Å²) >= 11 is -0.682. The standard InChI is InChI=1S/C14H18F4N2O2S/c1-13(2)7-9(5-6-21-13)8-19-12-10(15)3-4-11(20-12)22-23-14(16,17)18/h3-4,9H,5-8H2,1-2H3,(H,19,20). The summed E-state index contributed by atoms with van der Waals surface area (Å²) in [7, 11) is 0. The van der Waals surface area contributed by atoms with E-state index in [1.165, 1.54) is 0 Å². The molecular formula is C14H18F4N2O2S. The van der Waals surface area contributed by atoms with Gasteiger partial charge in [-0.2, -0.15) is 18.2 Å². The summed E-state index contributed by atoms with van der Waals surface area (Å²) < 4.78 is 60.0. The normalized spacial score (nSPS) is 21.0. The molecule has 9 heteroatoms. The molecular weight excluding hydrogens is 336 g/mol. The Bertz CT molecular complexity index is 540. The predicted molar refractivity (Wildman–Crippen MR) is 79.7 cm³/mol. The summed E-state index contributed by atoms with van der Waals surface area (Å²) in [5, 5.41) is 2.85.